The molecule has 0 amide bonds. The molecule has 1 unspecified atom stereocenters. The van der Waals surface area contributed by atoms with Gasteiger partial charge in [0.2, 0.25) is 0 Å². The zero-order valence-electron chi connectivity index (χ0n) is 15.1. The molecular formula is C18H27NO4S. The molecule has 1 aromatic carbocycles. The van der Waals surface area contributed by atoms with Gasteiger partial charge in [0.15, 0.2) is 0 Å². The van der Waals surface area contributed by atoms with E-state index in [0.717, 1.165) is 22.6 Å². The first-order valence-electron chi connectivity index (χ1n) is 7.87. The van der Waals surface area contributed by atoms with E-state index < -0.39 is 10.8 Å². The van der Waals surface area contributed by atoms with Crippen molar-refractivity contribution in [2.45, 2.75) is 27.7 Å². The maximum atomic E-state index is 12.0. The van der Waals surface area contributed by atoms with Crippen LogP contribution in [0.4, 0.5) is 0 Å². The number of benzene rings is 1. The number of hydrogen-bond donors (Lipinski definition) is 0. The Morgan fingerprint density at radius 1 is 1.25 bits per heavy atom. The van der Waals surface area contributed by atoms with Crippen LogP contribution in [0.1, 0.15) is 25.0 Å². The number of hydrogen-bond acceptors (Lipinski definition) is 5. The minimum Gasteiger partial charge on any atom is -0.492 e. The predicted molar refractivity (Wildman–Crippen MR) is 99.7 cm³/mol. The topological polar surface area (TPSA) is 57.1 Å². The molecule has 0 aromatic heterocycles. The molecule has 1 rings (SSSR count). The first-order chi connectivity index (χ1) is 11.5. The second-order valence-corrected chi connectivity index (χ2v) is 6.99. The predicted octanol–water partition coefficient (Wildman–Crippen LogP) is 3.41. The van der Waals surface area contributed by atoms with Crippen LogP contribution < -0.4 is 9.47 Å². The Morgan fingerprint density at radius 2 is 1.92 bits per heavy atom. The standard InChI is InChI=1S/C18H27NO4S/c1-6-7-8-22-17-11-14(2)18(15(3)12-17)23-9-10-24(20)13-16(4)19-21-5/h6-7,11-12H,8-10,13H2,1-5H3/b7-6+,19-16+. The van der Waals surface area contributed by atoms with Gasteiger partial charge in [-0.15, -0.1) is 0 Å². The van der Waals surface area contributed by atoms with Crippen LogP contribution in [0, 0.1) is 13.8 Å². The largest absolute Gasteiger partial charge is 0.492 e. The summed E-state index contributed by atoms with van der Waals surface area (Å²) in [5.74, 6) is 2.50. The van der Waals surface area contributed by atoms with Crippen molar-refractivity contribution in [2.24, 2.45) is 5.16 Å². The Balaban J connectivity index is 2.56. The van der Waals surface area contributed by atoms with Gasteiger partial charge in [0.1, 0.15) is 25.2 Å². The molecule has 0 heterocycles. The van der Waals surface area contributed by atoms with E-state index in [4.69, 9.17) is 9.47 Å². The molecule has 0 bridgehead atoms. The van der Waals surface area contributed by atoms with Gasteiger partial charge in [0, 0.05) is 10.8 Å². The zero-order chi connectivity index (χ0) is 17.9. The van der Waals surface area contributed by atoms with Gasteiger partial charge >= 0.3 is 0 Å². The molecule has 0 aliphatic carbocycles. The summed E-state index contributed by atoms with van der Waals surface area (Å²) in [6.07, 6.45) is 3.91. The van der Waals surface area contributed by atoms with Crippen molar-refractivity contribution in [3.05, 3.63) is 35.4 Å². The van der Waals surface area contributed by atoms with Gasteiger partial charge in [0.25, 0.3) is 0 Å². The fourth-order valence-electron chi connectivity index (χ4n) is 2.19. The Kier molecular flexibility index (Phi) is 9.15. The number of rotatable bonds is 10. The van der Waals surface area contributed by atoms with Crippen molar-refractivity contribution >= 4 is 16.5 Å². The Hall–Kier alpha value is -1.82. The maximum Gasteiger partial charge on any atom is 0.125 e. The lowest BCUT2D eigenvalue weighted by atomic mass is 10.1. The van der Waals surface area contributed by atoms with Crippen LogP contribution in [0.5, 0.6) is 11.5 Å². The monoisotopic (exact) mass is 353 g/mol. The third-order valence-corrected chi connectivity index (χ3v) is 4.55. The molecule has 0 spiro atoms. The second kappa shape index (κ2) is 10.9. The number of aryl methyl sites for hydroxylation is 2. The highest BCUT2D eigenvalue weighted by molar-refractivity contribution is 7.85. The molecule has 0 radical (unpaired) electrons. The summed E-state index contributed by atoms with van der Waals surface area (Å²) >= 11 is 0. The molecule has 1 atom stereocenters. The zero-order valence-corrected chi connectivity index (χ0v) is 15.9. The summed E-state index contributed by atoms with van der Waals surface area (Å²) < 4.78 is 23.4. The molecule has 5 nitrogen and oxygen atoms in total. The quantitative estimate of drug-likeness (QED) is 0.367. The van der Waals surface area contributed by atoms with Gasteiger partial charge < -0.3 is 14.3 Å². The first kappa shape index (κ1) is 20.2. The molecular weight excluding hydrogens is 326 g/mol. The van der Waals surface area contributed by atoms with E-state index in [0.29, 0.717) is 30.4 Å². The lowest BCUT2D eigenvalue weighted by Gasteiger charge is -2.14. The smallest absolute Gasteiger partial charge is 0.125 e. The van der Waals surface area contributed by atoms with E-state index in [-0.39, 0.29) is 0 Å². The van der Waals surface area contributed by atoms with Crippen molar-refractivity contribution in [2.75, 3.05) is 31.8 Å². The fraction of sp³-hybridized carbons (Fsp3) is 0.500. The summed E-state index contributed by atoms with van der Waals surface area (Å²) in [5, 5.41) is 3.76. The SMILES string of the molecule is C/C=C/COc1cc(C)c(OCCS(=O)C/C(C)=N/OC)c(C)c1. The minimum absolute atomic E-state index is 0.396. The summed E-state index contributed by atoms with van der Waals surface area (Å²) in [4.78, 5) is 4.66. The van der Waals surface area contributed by atoms with E-state index in [9.17, 15) is 4.21 Å². The van der Waals surface area contributed by atoms with Crippen LogP contribution in [-0.2, 0) is 15.6 Å². The third-order valence-electron chi connectivity index (χ3n) is 3.19. The normalized spacial score (nSPS) is 13.1. The van der Waals surface area contributed by atoms with Gasteiger partial charge in [-0.05, 0) is 51.0 Å². The van der Waals surface area contributed by atoms with Gasteiger partial charge in [0.05, 0.1) is 23.8 Å². The van der Waals surface area contributed by atoms with E-state index in [1.807, 2.05) is 45.1 Å². The lowest BCUT2D eigenvalue weighted by molar-refractivity contribution is 0.213. The van der Waals surface area contributed by atoms with Crippen molar-refractivity contribution in [3.8, 4) is 11.5 Å². The highest BCUT2D eigenvalue weighted by atomic mass is 32.2. The highest BCUT2D eigenvalue weighted by Crippen LogP contribution is 2.28. The molecule has 0 aliphatic rings. The van der Waals surface area contributed by atoms with Crippen molar-refractivity contribution in [1.82, 2.24) is 0 Å². The van der Waals surface area contributed by atoms with E-state index >= 15 is 0 Å². The molecule has 24 heavy (non-hydrogen) atoms. The van der Waals surface area contributed by atoms with Crippen LogP contribution in [0.15, 0.2) is 29.4 Å². The average molecular weight is 353 g/mol. The lowest BCUT2D eigenvalue weighted by Crippen LogP contribution is -2.16. The number of ether oxygens (including phenoxy) is 2. The summed E-state index contributed by atoms with van der Waals surface area (Å²) in [6.45, 7) is 8.67. The van der Waals surface area contributed by atoms with Crippen LogP contribution in [0.3, 0.4) is 0 Å². The van der Waals surface area contributed by atoms with Crippen molar-refractivity contribution < 1.29 is 18.5 Å². The Bertz CT molecular complexity index is 588. The van der Waals surface area contributed by atoms with Gasteiger partial charge in [-0.2, -0.15) is 0 Å². The van der Waals surface area contributed by atoms with Crippen molar-refractivity contribution in [3.63, 3.8) is 0 Å². The maximum absolute atomic E-state index is 12.0. The summed E-state index contributed by atoms with van der Waals surface area (Å²) in [5.41, 5.74) is 2.73. The van der Waals surface area contributed by atoms with Gasteiger partial charge in [-0.25, -0.2) is 0 Å². The molecule has 0 saturated carbocycles. The van der Waals surface area contributed by atoms with E-state index in [1.54, 1.807) is 6.92 Å². The number of allylic oxidation sites excluding steroid dienone is 1. The molecule has 0 fully saturated rings. The molecule has 0 saturated heterocycles. The number of oxime groups is 1. The summed E-state index contributed by atoms with van der Waals surface area (Å²) in [6, 6.07) is 3.91. The van der Waals surface area contributed by atoms with E-state index in [1.165, 1.54) is 7.11 Å². The molecule has 1 aromatic rings. The average Bonchev–Trinajstić information content (AvgIpc) is 2.50. The second-order valence-electron chi connectivity index (χ2n) is 5.41. The molecule has 134 valence electrons. The van der Waals surface area contributed by atoms with E-state index in [2.05, 4.69) is 9.99 Å². The molecule has 6 heteroatoms. The molecule has 0 N–H and O–H groups in total. The molecule has 0 aliphatic heterocycles. The first-order valence-corrected chi connectivity index (χ1v) is 9.36. The van der Waals surface area contributed by atoms with Crippen LogP contribution in [0.25, 0.3) is 0 Å². The Morgan fingerprint density at radius 3 is 2.50 bits per heavy atom. The van der Waals surface area contributed by atoms with Gasteiger partial charge in [-0.1, -0.05) is 17.3 Å². The van der Waals surface area contributed by atoms with Crippen LogP contribution >= 0.6 is 0 Å². The fourth-order valence-corrected chi connectivity index (χ4v) is 3.12. The summed E-state index contributed by atoms with van der Waals surface area (Å²) in [7, 11) is 0.463. The highest BCUT2D eigenvalue weighted by Gasteiger charge is 2.09. The van der Waals surface area contributed by atoms with Crippen LogP contribution in [-0.4, -0.2) is 41.7 Å². The van der Waals surface area contributed by atoms with Gasteiger partial charge in [-0.3, -0.25) is 4.21 Å². The third kappa shape index (κ3) is 7.17. The minimum atomic E-state index is -1.02. The Labute approximate surface area is 147 Å². The van der Waals surface area contributed by atoms with Crippen LogP contribution in [0.2, 0.25) is 0 Å². The number of nitrogens with zero attached hydrogens (tertiary/aromatic N) is 1. The van der Waals surface area contributed by atoms with Crippen molar-refractivity contribution in [1.29, 1.82) is 0 Å².